The minimum absolute atomic E-state index is 0. The van der Waals surface area contributed by atoms with Gasteiger partial charge in [-0.1, -0.05) is 0 Å². The highest BCUT2D eigenvalue weighted by atomic mass is 35.5. The molecule has 0 spiro atoms. The second-order valence-corrected chi connectivity index (χ2v) is 3.79. The maximum absolute atomic E-state index is 10.7. The molecule has 0 aliphatic rings. The average molecular weight is 304 g/mol. The van der Waals surface area contributed by atoms with Gasteiger partial charge in [-0.25, -0.2) is 0 Å². The number of aliphatic carboxylic acids is 1. The summed E-state index contributed by atoms with van der Waals surface area (Å²) < 4.78 is 5.29. The number of unbranched alkanes of at least 4 members (excludes halogenated alkanes) is 1. The molecular formula is C12H14ClNO6. The molecule has 0 atom stereocenters. The molecule has 8 heteroatoms. The third-order valence-corrected chi connectivity index (χ3v) is 2.38. The van der Waals surface area contributed by atoms with Crippen LogP contribution in [-0.4, -0.2) is 28.9 Å². The zero-order valence-corrected chi connectivity index (χ0v) is 11.3. The number of nitrogens with zero attached hydrogens (tertiary/aromatic N) is 1. The number of hydrogen-bond acceptors (Lipinski definition) is 5. The molecule has 1 N–H and O–H groups in total. The third kappa shape index (κ3) is 5.66. The molecule has 0 aliphatic carbocycles. The number of carboxylic acids is 1. The van der Waals surface area contributed by atoms with Crippen molar-refractivity contribution in [3.05, 3.63) is 33.9 Å². The van der Waals surface area contributed by atoms with Crippen LogP contribution in [0.25, 0.3) is 0 Å². The van der Waals surface area contributed by atoms with Crippen molar-refractivity contribution in [3.63, 3.8) is 0 Å². The van der Waals surface area contributed by atoms with E-state index in [1.165, 1.54) is 18.2 Å². The van der Waals surface area contributed by atoms with Crippen LogP contribution in [0.3, 0.4) is 0 Å². The largest absolute Gasteiger partial charge is 0.494 e. The van der Waals surface area contributed by atoms with Gasteiger partial charge in [-0.2, -0.15) is 0 Å². The van der Waals surface area contributed by atoms with Crippen LogP contribution < -0.4 is 4.74 Å². The van der Waals surface area contributed by atoms with Crippen molar-refractivity contribution in [3.8, 4) is 5.75 Å². The Kier molecular flexibility index (Phi) is 7.91. The Morgan fingerprint density at radius 1 is 1.40 bits per heavy atom. The summed E-state index contributed by atoms with van der Waals surface area (Å²) >= 11 is 0. The molecule has 0 fully saturated rings. The van der Waals surface area contributed by atoms with Crippen molar-refractivity contribution in [1.29, 1.82) is 0 Å². The molecule has 1 rings (SSSR count). The molecule has 1 aromatic carbocycles. The maximum atomic E-state index is 10.7. The number of nitro benzene ring substituents is 1. The van der Waals surface area contributed by atoms with E-state index in [2.05, 4.69) is 0 Å². The van der Waals surface area contributed by atoms with Gasteiger partial charge in [0.1, 0.15) is 5.75 Å². The van der Waals surface area contributed by atoms with Crippen LogP contribution in [0.15, 0.2) is 18.2 Å². The van der Waals surface area contributed by atoms with Crippen LogP contribution in [0, 0.1) is 10.1 Å². The summed E-state index contributed by atoms with van der Waals surface area (Å²) in [6.45, 7) is 0.295. The Labute approximate surface area is 121 Å². The van der Waals surface area contributed by atoms with Crippen LogP contribution in [-0.2, 0) is 4.79 Å². The number of aldehydes is 1. The van der Waals surface area contributed by atoms with Crippen LogP contribution in [0.5, 0.6) is 5.75 Å². The fourth-order valence-corrected chi connectivity index (χ4v) is 1.45. The molecule has 0 radical (unpaired) electrons. The van der Waals surface area contributed by atoms with E-state index < -0.39 is 10.9 Å². The third-order valence-electron chi connectivity index (χ3n) is 2.38. The van der Waals surface area contributed by atoms with Crippen molar-refractivity contribution >= 4 is 30.3 Å². The summed E-state index contributed by atoms with van der Waals surface area (Å²) in [5.41, 5.74) is -0.318. The first-order valence-corrected chi connectivity index (χ1v) is 5.63. The average Bonchev–Trinajstić information content (AvgIpc) is 2.37. The van der Waals surface area contributed by atoms with Gasteiger partial charge in [0.25, 0.3) is 5.69 Å². The van der Waals surface area contributed by atoms with E-state index >= 15 is 0 Å². The number of carbonyl (C=O) groups is 2. The maximum Gasteiger partial charge on any atom is 0.303 e. The predicted octanol–water partition coefficient (Wildman–Crippen LogP) is 2.46. The molecule has 0 aromatic heterocycles. The summed E-state index contributed by atoms with van der Waals surface area (Å²) in [6.07, 6.45) is 1.52. The van der Waals surface area contributed by atoms with E-state index in [0.29, 0.717) is 31.5 Å². The van der Waals surface area contributed by atoms with E-state index in [9.17, 15) is 19.7 Å². The normalized spacial score (nSPS) is 9.40. The Bertz CT molecular complexity index is 491. The van der Waals surface area contributed by atoms with Crippen LogP contribution in [0.2, 0.25) is 0 Å². The lowest BCUT2D eigenvalue weighted by molar-refractivity contribution is -0.385. The van der Waals surface area contributed by atoms with Crippen molar-refractivity contribution in [2.45, 2.75) is 19.3 Å². The molecule has 0 bridgehead atoms. The number of carbonyl (C=O) groups excluding carboxylic acids is 1. The topological polar surface area (TPSA) is 107 Å². The molecule has 110 valence electrons. The van der Waals surface area contributed by atoms with Gasteiger partial charge in [-0.3, -0.25) is 19.7 Å². The van der Waals surface area contributed by atoms with E-state index in [0.717, 1.165) is 0 Å². The fourth-order valence-electron chi connectivity index (χ4n) is 1.45. The Hall–Kier alpha value is -2.15. The van der Waals surface area contributed by atoms with Crippen molar-refractivity contribution in [1.82, 2.24) is 0 Å². The molecule has 0 heterocycles. The first kappa shape index (κ1) is 17.8. The van der Waals surface area contributed by atoms with Gasteiger partial charge >= 0.3 is 5.97 Å². The molecule has 0 amide bonds. The summed E-state index contributed by atoms with van der Waals surface area (Å²) in [5.74, 6) is -0.512. The Morgan fingerprint density at radius 3 is 2.65 bits per heavy atom. The lowest BCUT2D eigenvalue weighted by Gasteiger charge is -2.06. The van der Waals surface area contributed by atoms with Gasteiger partial charge < -0.3 is 9.84 Å². The second-order valence-electron chi connectivity index (χ2n) is 3.79. The monoisotopic (exact) mass is 303 g/mol. The first-order chi connectivity index (χ1) is 9.04. The molecular weight excluding hydrogens is 290 g/mol. The van der Waals surface area contributed by atoms with Gasteiger partial charge in [0.15, 0.2) is 6.29 Å². The fraction of sp³-hybridized carbons (Fsp3) is 0.333. The summed E-state index contributed by atoms with van der Waals surface area (Å²) in [4.78, 5) is 31.0. The second kappa shape index (κ2) is 8.87. The number of nitro groups is 1. The van der Waals surface area contributed by atoms with Gasteiger partial charge in [-0.05, 0) is 25.0 Å². The highest BCUT2D eigenvalue weighted by Crippen LogP contribution is 2.22. The first-order valence-electron chi connectivity index (χ1n) is 5.63. The zero-order valence-electron chi connectivity index (χ0n) is 10.5. The van der Waals surface area contributed by atoms with Gasteiger partial charge in [0.2, 0.25) is 0 Å². The van der Waals surface area contributed by atoms with Gasteiger partial charge in [0, 0.05) is 12.5 Å². The van der Waals surface area contributed by atoms with Gasteiger partial charge in [0.05, 0.1) is 17.1 Å². The minimum atomic E-state index is -0.862. The van der Waals surface area contributed by atoms with E-state index in [1.54, 1.807) is 0 Å². The van der Waals surface area contributed by atoms with Crippen molar-refractivity contribution < 1.29 is 24.4 Å². The SMILES string of the molecule is Cl.O=Cc1cc(OCCCCC(=O)O)ccc1[N+](=O)[O-]. The summed E-state index contributed by atoms with van der Waals surface area (Å²) in [5, 5.41) is 19.0. The number of benzene rings is 1. The molecule has 7 nitrogen and oxygen atoms in total. The Morgan fingerprint density at radius 2 is 2.10 bits per heavy atom. The quantitative estimate of drug-likeness (QED) is 0.342. The highest BCUT2D eigenvalue weighted by molar-refractivity contribution is 5.85. The standard InChI is InChI=1S/C12H13NO6.ClH/c14-8-9-7-10(4-5-11(9)13(17)18)19-6-2-1-3-12(15)16;/h4-5,7-8H,1-3,6H2,(H,15,16);1H. The smallest absolute Gasteiger partial charge is 0.303 e. The van der Waals surface area contributed by atoms with E-state index in [-0.39, 0.29) is 30.1 Å². The number of halogens is 1. The lowest BCUT2D eigenvalue weighted by atomic mass is 10.2. The minimum Gasteiger partial charge on any atom is -0.494 e. The van der Waals surface area contributed by atoms with Crippen LogP contribution >= 0.6 is 12.4 Å². The number of ether oxygens (including phenoxy) is 1. The van der Waals surface area contributed by atoms with Crippen LogP contribution in [0.4, 0.5) is 5.69 Å². The van der Waals surface area contributed by atoms with Crippen molar-refractivity contribution in [2.24, 2.45) is 0 Å². The molecule has 0 aliphatic heterocycles. The molecule has 1 aromatic rings. The van der Waals surface area contributed by atoms with Crippen molar-refractivity contribution in [2.75, 3.05) is 6.61 Å². The number of carboxylic acid groups (broad SMARTS) is 1. The van der Waals surface area contributed by atoms with Crippen LogP contribution in [0.1, 0.15) is 29.6 Å². The van der Waals surface area contributed by atoms with Gasteiger partial charge in [-0.15, -0.1) is 12.4 Å². The lowest BCUT2D eigenvalue weighted by Crippen LogP contribution is -2.01. The summed E-state index contributed by atoms with van der Waals surface area (Å²) in [6, 6.07) is 3.90. The Balaban J connectivity index is 0.00000361. The van der Waals surface area contributed by atoms with E-state index in [4.69, 9.17) is 9.84 Å². The zero-order chi connectivity index (χ0) is 14.3. The molecule has 0 saturated heterocycles. The molecule has 20 heavy (non-hydrogen) atoms. The predicted molar refractivity (Wildman–Crippen MR) is 72.7 cm³/mol. The molecule has 0 saturated carbocycles. The summed E-state index contributed by atoms with van der Waals surface area (Å²) in [7, 11) is 0. The highest BCUT2D eigenvalue weighted by Gasteiger charge is 2.13. The molecule has 0 unspecified atom stereocenters. The number of rotatable bonds is 8. The van der Waals surface area contributed by atoms with E-state index in [1.807, 2.05) is 0 Å². The number of hydrogen-bond donors (Lipinski definition) is 1.